The molecule has 2 aromatic rings. The maximum atomic E-state index is 8.92. The van der Waals surface area contributed by atoms with Gasteiger partial charge >= 0.3 is 0 Å². The zero-order chi connectivity index (χ0) is 14.2. The summed E-state index contributed by atoms with van der Waals surface area (Å²) >= 11 is 0. The van der Waals surface area contributed by atoms with E-state index in [2.05, 4.69) is 21.6 Å². The van der Waals surface area contributed by atoms with Crippen LogP contribution < -0.4 is 5.32 Å². The monoisotopic (exact) mass is 264 g/mol. The lowest BCUT2D eigenvalue weighted by atomic mass is 10.1. The molecule has 0 amide bonds. The lowest BCUT2D eigenvalue weighted by molar-refractivity contribution is 0.580. The van der Waals surface area contributed by atoms with Gasteiger partial charge < -0.3 is 0 Å². The molecule has 4 heteroatoms. The van der Waals surface area contributed by atoms with Gasteiger partial charge in [-0.05, 0) is 30.3 Å². The number of rotatable bonds is 5. The Bertz CT molecular complexity index is 614. The van der Waals surface area contributed by atoms with Crippen molar-refractivity contribution in [3.8, 4) is 6.07 Å². The van der Waals surface area contributed by atoms with Crippen LogP contribution in [-0.2, 0) is 6.54 Å². The number of hydrogen-bond acceptors (Lipinski definition) is 4. The van der Waals surface area contributed by atoms with Crippen molar-refractivity contribution < 1.29 is 0 Å². The summed E-state index contributed by atoms with van der Waals surface area (Å²) in [6.45, 7) is 0.553. The van der Waals surface area contributed by atoms with Crippen LogP contribution in [0.5, 0.6) is 0 Å². The molecule has 0 spiro atoms. The third-order valence-corrected chi connectivity index (χ3v) is 2.90. The second-order valence-corrected chi connectivity index (χ2v) is 4.33. The van der Waals surface area contributed by atoms with E-state index in [-0.39, 0.29) is 6.17 Å². The zero-order valence-corrected chi connectivity index (χ0v) is 11.3. The van der Waals surface area contributed by atoms with E-state index in [9.17, 15) is 0 Å². The van der Waals surface area contributed by atoms with Crippen LogP contribution in [0.15, 0.2) is 64.8 Å². The molecule has 0 aromatic heterocycles. The molecular formula is C16H16N4. The Morgan fingerprint density at radius 3 is 2.65 bits per heavy atom. The molecule has 1 N–H and O–H groups in total. The van der Waals surface area contributed by atoms with Crippen molar-refractivity contribution in [1.82, 2.24) is 5.32 Å². The largest absolute Gasteiger partial charge is 0.294 e. The Morgan fingerprint density at radius 1 is 1.15 bits per heavy atom. The first kappa shape index (κ1) is 13.9. The maximum Gasteiger partial charge on any atom is 0.146 e. The first-order chi connectivity index (χ1) is 9.83. The highest BCUT2D eigenvalue weighted by Gasteiger charge is 2.07. The highest BCUT2D eigenvalue weighted by Crippen LogP contribution is 2.16. The summed E-state index contributed by atoms with van der Waals surface area (Å²) < 4.78 is 0. The van der Waals surface area contributed by atoms with Crippen LogP contribution in [0.1, 0.15) is 22.9 Å². The normalized spacial score (nSPS) is 12.2. The van der Waals surface area contributed by atoms with Gasteiger partial charge in [-0.1, -0.05) is 42.5 Å². The lowest BCUT2D eigenvalue weighted by Gasteiger charge is -2.10. The molecule has 2 rings (SSSR count). The molecule has 4 nitrogen and oxygen atoms in total. The number of azo groups is 1. The van der Waals surface area contributed by atoms with Crippen molar-refractivity contribution in [3.05, 3.63) is 71.3 Å². The Labute approximate surface area is 118 Å². The van der Waals surface area contributed by atoms with Gasteiger partial charge in [-0.25, -0.2) is 0 Å². The van der Waals surface area contributed by atoms with E-state index >= 15 is 0 Å². The SMILES string of the molecule is CNC(N=NCc1ccccc1)c1cccc(C#N)c1. The molecule has 0 bridgehead atoms. The van der Waals surface area contributed by atoms with Crippen LogP contribution in [0.2, 0.25) is 0 Å². The fraction of sp³-hybridized carbons (Fsp3) is 0.188. The minimum Gasteiger partial charge on any atom is -0.294 e. The first-order valence-corrected chi connectivity index (χ1v) is 6.41. The van der Waals surface area contributed by atoms with Crippen LogP contribution in [-0.4, -0.2) is 7.05 Å². The number of nitrogens with zero attached hydrogens (tertiary/aromatic N) is 3. The van der Waals surface area contributed by atoms with E-state index in [0.29, 0.717) is 12.1 Å². The average Bonchev–Trinajstić information content (AvgIpc) is 2.52. The Morgan fingerprint density at radius 2 is 1.95 bits per heavy atom. The summed E-state index contributed by atoms with van der Waals surface area (Å²) in [7, 11) is 1.82. The van der Waals surface area contributed by atoms with Crippen LogP contribution in [0.4, 0.5) is 0 Å². The molecule has 0 fully saturated rings. The molecule has 1 unspecified atom stereocenters. The number of nitrogens with one attached hydrogen (secondary N) is 1. The molecular weight excluding hydrogens is 248 g/mol. The van der Waals surface area contributed by atoms with Crippen LogP contribution >= 0.6 is 0 Å². The molecule has 0 radical (unpaired) electrons. The molecule has 100 valence electrons. The second kappa shape index (κ2) is 7.17. The van der Waals surface area contributed by atoms with Gasteiger partial charge in [0.1, 0.15) is 6.17 Å². The molecule has 0 saturated heterocycles. The van der Waals surface area contributed by atoms with E-state index < -0.39 is 0 Å². The molecule has 2 aromatic carbocycles. The Hall–Kier alpha value is -2.51. The van der Waals surface area contributed by atoms with Gasteiger partial charge in [0.25, 0.3) is 0 Å². The molecule has 0 heterocycles. The standard InChI is InChI=1S/C16H16N4/c1-18-16(15-9-5-8-14(10-15)11-17)20-19-12-13-6-3-2-4-7-13/h2-10,16,18H,12H2,1H3. The van der Waals surface area contributed by atoms with Crippen LogP contribution in [0.25, 0.3) is 0 Å². The minimum absolute atomic E-state index is 0.230. The molecule has 0 saturated carbocycles. The highest BCUT2D eigenvalue weighted by atomic mass is 15.2. The highest BCUT2D eigenvalue weighted by molar-refractivity contribution is 5.34. The van der Waals surface area contributed by atoms with E-state index in [1.807, 2.05) is 55.6 Å². The van der Waals surface area contributed by atoms with Crippen LogP contribution in [0.3, 0.4) is 0 Å². The summed E-state index contributed by atoms with van der Waals surface area (Å²) in [5, 5.41) is 20.5. The first-order valence-electron chi connectivity index (χ1n) is 6.41. The number of hydrogen-bond donors (Lipinski definition) is 1. The summed E-state index contributed by atoms with van der Waals surface area (Å²) in [5.41, 5.74) is 2.68. The zero-order valence-electron chi connectivity index (χ0n) is 11.3. The molecule has 0 aliphatic carbocycles. The molecule has 20 heavy (non-hydrogen) atoms. The third kappa shape index (κ3) is 3.74. The summed E-state index contributed by atoms with van der Waals surface area (Å²) in [4.78, 5) is 0. The van der Waals surface area contributed by atoms with Gasteiger partial charge in [0.15, 0.2) is 0 Å². The van der Waals surface area contributed by atoms with E-state index in [1.165, 1.54) is 0 Å². The predicted molar refractivity (Wildman–Crippen MR) is 78.0 cm³/mol. The molecule has 1 atom stereocenters. The third-order valence-electron chi connectivity index (χ3n) is 2.90. The smallest absolute Gasteiger partial charge is 0.146 e. The summed E-state index contributed by atoms with van der Waals surface area (Å²) in [5.74, 6) is 0. The van der Waals surface area contributed by atoms with Crippen LogP contribution in [0, 0.1) is 11.3 Å². The predicted octanol–water partition coefficient (Wildman–Crippen LogP) is 3.43. The fourth-order valence-electron chi connectivity index (χ4n) is 1.86. The van der Waals surface area contributed by atoms with E-state index in [0.717, 1.165) is 11.1 Å². The lowest BCUT2D eigenvalue weighted by Crippen LogP contribution is -2.13. The summed E-state index contributed by atoms with van der Waals surface area (Å²) in [6.07, 6.45) is -0.230. The minimum atomic E-state index is -0.230. The van der Waals surface area contributed by atoms with Crippen molar-refractivity contribution in [3.63, 3.8) is 0 Å². The van der Waals surface area contributed by atoms with Crippen molar-refractivity contribution in [1.29, 1.82) is 5.26 Å². The van der Waals surface area contributed by atoms with Crippen molar-refractivity contribution in [2.24, 2.45) is 10.2 Å². The topological polar surface area (TPSA) is 60.5 Å². The van der Waals surface area contributed by atoms with E-state index in [4.69, 9.17) is 5.26 Å². The van der Waals surface area contributed by atoms with Gasteiger partial charge in [0, 0.05) is 0 Å². The summed E-state index contributed by atoms with van der Waals surface area (Å²) in [6, 6.07) is 19.5. The quantitative estimate of drug-likeness (QED) is 0.841. The molecule has 0 aliphatic heterocycles. The Kier molecular flexibility index (Phi) is 4.99. The van der Waals surface area contributed by atoms with Crippen molar-refractivity contribution in [2.75, 3.05) is 7.05 Å². The van der Waals surface area contributed by atoms with Gasteiger partial charge in [0.2, 0.25) is 0 Å². The Balaban J connectivity index is 2.07. The molecule has 0 aliphatic rings. The average molecular weight is 264 g/mol. The maximum absolute atomic E-state index is 8.92. The second-order valence-electron chi connectivity index (χ2n) is 4.33. The van der Waals surface area contributed by atoms with Crippen molar-refractivity contribution in [2.45, 2.75) is 12.7 Å². The van der Waals surface area contributed by atoms with Gasteiger partial charge in [-0.2, -0.15) is 15.5 Å². The van der Waals surface area contributed by atoms with E-state index in [1.54, 1.807) is 6.07 Å². The fourth-order valence-corrected chi connectivity index (χ4v) is 1.86. The van der Waals surface area contributed by atoms with Gasteiger partial charge in [-0.15, -0.1) is 0 Å². The number of nitriles is 1. The van der Waals surface area contributed by atoms with Crippen molar-refractivity contribution >= 4 is 0 Å². The van der Waals surface area contributed by atoms with Gasteiger partial charge in [-0.3, -0.25) is 5.32 Å². The van der Waals surface area contributed by atoms with Gasteiger partial charge in [0.05, 0.1) is 18.2 Å². The number of benzene rings is 2.